The third-order valence-corrected chi connectivity index (χ3v) is 3.11. The van der Waals surface area contributed by atoms with Crippen molar-refractivity contribution in [1.82, 2.24) is 20.2 Å². The number of aryl methyl sites for hydroxylation is 1. The van der Waals surface area contributed by atoms with Crippen molar-refractivity contribution in [2.45, 2.75) is 18.9 Å². The van der Waals surface area contributed by atoms with E-state index in [0.717, 1.165) is 11.3 Å². The highest BCUT2D eigenvalue weighted by molar-refractivity contribution is 5.66. The van der Waals surface area contributed by atoms with Crippen LogP contribution in [-0.4, -0.2) is 37.9 Å². The summed E-state index contributed by atoms with van der Waals surface area (Å²) in [5, 5.41) is 20.2. The summed E-state index contributed by atoms with van der Waals surface area (Å²) in [4.78, 5) is 10.6. The minimum absolute atomic E-state index is 0.00668. The Morgan fingerprint density at radius 3 is 3.16 bits per heavy atom. The van der Waals surface area contributed by atoms with Gasteiger partial charge in [-0.3, -0.25) is 4.79 Å². The van der Waals surface area contributed by atoms with E-state index >= 15 is 0 Å². The molecule has 0 saturated carbocycles. The van der Waals surface area contributed by atoms with Crippen LogP contribution in [0.3, 0.4) is 0 Å². The first-order chi connectivity index (χ1) is 9.25. The molecule has 98 valence electrons. The van der Waals surface area contributed by atoms with Crippen molar-refractivity contribution in [3.8, 4) is 5.75 Å². The van der Waals surface area contributed by atoms with E-state index in [1.165, 1.54) is 4.68 Å². The lowest BCUT2D eigenvalue weighted by atomic mass is 10.0. The van der Waals surface area contributed by atoms with Crippen molar-refractivity contribution in [1.29, 1.82) is 0 Å². The predicted octanol–water partition coefficient (Wildman–Crippen LogP) is 0.672. The van der Waals surface area contributed by atoms with E-state index in [9.17, 15) is 4.79 Å². The quantitative estimate of drug-likeness (QED) is 0.869. The minimum Gasteiger partial charge on any atom is -0.492 e. The molecule has 1 N–H and O–H groups in total. The molecule has 3 rings (SSSR count). The first kappa shape index (κ1) is 11.6. The Morgan fingerprint density at radius 2 is 2.32 bits per heavy atom. The molecule has 2 heterocycles. The maximum atomic E-state index is 10.6. The first-order valence-electron chi connectivity index (χ1n) is 5.95. The molecule has 0 fully saturated rings. The Hall–Kier alpha value is -2.44. The van der Waals surface area contributed by atoms with Crippen molar-refractivity contribution in [3.63, 3.8) is 0 Å². The SMILES string of the molecule is O=C(O)CCn1nnnc1C1COc2ccccc21. The van der Waals surface area contributed by atoms with E-state index in [0.29, 0.717) is 12.4 Å². The van der Waals surface area contributed by atoms with Gasteiger partial charge in [0.1, 0.15) is 12.4 Å². The summed E-state index contributed by atoms with van der Waals surface area (Å²) in [6.07, 6.45) is -0.00668. The molecule has 0 spiro atoms. The second kappa shape index (κ2) is 4.68. The second-order valence-electron chi connectivity index (χ2n) is 4.31. The Kier molecular flexibility index (Phi) is 2.86. The largest absolute Gasteiger partial charge is 0.492 e. The van der Waals surface area contributed by atoms with Crippen LogP contribution in [0, 0.1) is 0 Å². The number of hydrogen-bond donors (Lipinski definition) is 1. The predicted molar refractivity (Wildman–Crippen MR) is 63.8 cm³/mol. The maximum absolute atomic E-state index is 10.6. The van der Waals surface area contributed by atoms with Crippen molar-refractivity contribution in [2.24, 2.45) is 0 Å². The summed E-state index contributed by atoms with van der Waals surface area (Å²) in [6, 6.07) is 7.73. The molecule has 2 aromatic rings. The molecule has 7 heteroatoms. The van der Waals surface area contributed by atoms with Gasteiger partial charge < -0.3 is 9.84 Å². The molecule has 0 saturated heterocycles. The molecule has 0 radical (unpaired) electrons. The average molecular weight is 260 g/mol. The van der Waals surface area contributed by atoms with Gasteiger partial charge in [0.15, 0.2) is 5.82 Å². The fourth-order valence-electron chi connectivity index (χ4n) is 2.20. The number of ether oxygens (including phenoxy) is 1. The van der Waals surface area contributed by atoms with Crippen LogP contribution in [0.2, 0.25) is 0 Å². The zero-order chi connectivity index (χ0) is 13.2. The monoisotopic (exact) mass is 260 g/mol. The Bertz CT molecular complexity index is 611. The normalized spacial score (nSPS) is 16.9. The lowest BCUT2D eigenvalue weighted by Gasteiger charge is -2.08. The van der Waals surface area contributed by atoms with Crippen LogP contribution >= 0.6 is 0 Å². The van der Waals surface area contributed by atoms with Crippen LogP contribution in [-0.2, 0) is 11.3 Å². The number of carbonyl (C=O) groups is 1. The number of carboxylic acid groups (broad SMARTS) is 1. The smallest absolute Gasteiger partial charge is 0.305 e. The number of tetrazole rings is 1. The van der Waals surface area contributed by atoms with Gasteiger partial charge in [0.25, 0.3) is 0 Å². The molecule has 0 aliphatic carbocycles. The van der Waals surface area contributed by atoms with Gasteiger partial charge >= 0.3 is 5.97 Å². The highest BCUT2D eigenvalue weighted by atomic mass is 16.5. The molecule has 1 aromatic heterocycles. The van der Waals surface area contributed by atoms with Crippen molar-refractivity contribution in [3.05, 3.63) is 35.7 Å². The summed E-state index contributed by atoms with van der Waals surface area (Å²) in [5.41, 5.74) is 1.04. The molecule has 1 aliphatic rings. The Balaban J connectivity index is 1.88. The van der Waals surface area contributed by atoms with Crippen molar-refractivity contribution < 1.29 is 14.6 Å². The number of carboxylic acids is 1. The number of aliphatic carboxylic acids is 1. The van der Waals surface area contributed by atoms with Crippen molar-refractivity contribution in [2.75, 3.05) is 6.61 Å². The van der Waals surface area contributed by atoms with Crippen LogP contribution in [0.15, 0.2) is 24.3 Å². The topological polar surface area (TPSA) is 90.1 Å². The van der Waals surface area contributed by atoms with Crippen LogP contribution in [0.5, 0.6) is 5.75 Å². The highest BCUT2D eigenvalue weighted by Gasteiger charge is 2.29. The molecule has 0 bridgehead atoms. The Morgan fingerprint density at radius 1 is 1.47 bits per heavy atom. The van der Waals surface area contributed by atoms with Crippen LogP contribution < -0.4 is 4.74 Å². The van der Waals surface area contributed by atoms with Gasteiger partial charge in [-0.1, -0.05) is 18.2 Å². The number of fused-ring (bicyclic) bond motifs is 1. The molecule has 1 unspecified atom stereocenters. The number of para-hydroxylation sites is 1. The van der Waals surface area contributed by atoms with E-state index < -0.39 is 5.97 Å². The number of hydrogen-bond acceptors (Lipinski definition) is 5. The van der Waals surface area contributed by atoms with Gasteiger partial charge in [0.2, 0.25) is 0 Å². The molecular formula is C12H12N4O3. The van der Waals surface area contributed by atoms with Gasteiger partial charge in [-0.15, -0.1) is 5.10 Å². The summed E-state index contributed by atoms with van der Waals surface area (Å²) in [5.74, 6) is 0.566. The molecule has 1 aliphatic heterocycles. The molecule has 19 heavy (non-hydrogen) atoms. The number of aromatic nitrogens is 4. The van der Waals surface area contributed by atoms with Crippen molar-refractivity contribution >= 4 is 5.97 Å². The maximum Gasteiger partial charge on any atom is 0.305 e. The van der Waals surface area contributed by atoms with Gasteiger partial charge in [-0.25, -0.2) is 4.68 Å². The third-order valence-electron chi connectivity index (χ3n) is 3.11. The summed E-state index contributed by atoms with van der Waals surface area (Å²) < 4.78 is 7.12. The van der Waals surface area contributed by atoms with Crippen LogP contribution in [0.1, 0.15) is 23.7 Å². The molecule has 1 atom stereocenters. The fraction of sp³-hybridized carbons (Fsp3) is 0.333. The number of nitrogens with zero attached hydrogens (tertiary/aromatic N) is 4. The zero-order valence-corrected chi connectivity index (χ0v) is 10.1. The van der Waals surface area contributed by atoms with E-state index in [1.54, 1.807) is 0 Å². The first-order valence-corrected chi connectivity index (χ1v) is 5.95. The number of benzene rings is 1. The van der Waals surface area contributed by atoms with E-state index in [4.69, 9.17) is 9.84 Å². The van der Waals surface area contributed by atoms with Crippen LogP contribution in [0.4, 0.5) is 0 Å². The van der Waals surface area contributed by atoms with Gasteiger partial charge in [0, 0.05) is 5.56 Å². The average Bonchev–Trinajstić information content (AvgIpc) is 3.02. The van der Waals surface area contributed by atoms with Gasteiger partial charge in [-0.05, 0) is 16.5 Å². The molecule has 7 nitrogen and oxygen atoms in total. The molecular weight excluding hydrogens is 248 g/mol. The fourth-order valence-corrected chi connectivity index (χ4v) is 2.20. The lowest BCUT2D eigenvalue weighted by Crippen LogP contribution is -2.14. The summed E-state index contributed by atoms with van der Waals surface area (Å²) in [6.45, 7) is 0.739. The standard InChI is InChI=1S/C12H12N4O3/c17-11(18)5-6-16-12(13-14-15-16)9-7-19-10-4-2-1-3-8(9)10/h1-4,9H,5-7H2,(H,17,18). The minimum atomic E-state index is -0.871. The Labute approximate surface area is 108 Å². The molecule has 0 amide bonds. The second-order valence-corrected chi connectivity index (χ2v) is 4.31. The van der Waals surface area contributed by atoms with E-state index in [1.807, 2.05) is 24.3 Å². The number of rotatable bonds is 4. The third kappa shape index (κ3) is 2.14. The summed E-state index contributed by atoms with van der Waals surface area (Å²) in [7, 11) is 0. The van der Waals surface area contributed by atoms with Gasteiger partial charge in [-0.2, -0.15) is 0 Å². The summed E-state index contributed by atoms with van der Waals surface area (Å²) >= 11 is 0. The lowest BCUT2D eigenvalue weighted by molar-refractivity contribution is -0.137. The van der Waals surface area contributed by atoms with E-state index in [-0.39, 0.29) is 18.9 Å². The van der Waals surface area contributed by atoms with E-state index in [2.05, 4.69) is 15.5 Å². The van der Waals surface area contributed by atoms with Crippen LogP contribution in [0.25, 0.3) is 0 Å². The highest BCUT2D eigenvalue weighted by Crippen LogP contribution is 2.36. The zero-order valence-electron chi connectivity index (χ0n) is 10.1. The molecule has 1 aromatic carbocycles. The van der Waals surface area contributed by atoms with Gasteiger partial charge in [0.05, 0.1) is 18.9 Å².